The van der Waals surface area contributed by atoms with Gasteiger partial charge in [-0.1, -0.05) is 19.1 Å². The van der Waals surface area contributed by atoms with E-state index in [1.54, 1.807) is 24.3 Å². The molecule has 2 N–H and O–H groups in total. The normalized spacial score (nSPS) is 46.6. The number of hydrogen-bond acceptors (Lipinski definition) is 7. The van der Waals surface area contributed by atoms with Crippen molar-refractivity contribution in [1.82, 2.24) is 10.0 Å². The zero-order chi connectivity index (χ0) is 26.4. The van der Waals surface area contributed by atoms with Crippen LogP contribution in [0.25, 0.3) is 0 Å². The van der Waals surface area contributed by atoms with Crippen LogP contribution in [-0.4, -0.2) is 68.5 Å². The number of allylic oxidation sites excluding steroid dienone is 4. The van der Waals surface area contributed by atoms with E-state index >= 15 is 8.78 Å². The maximum atomic E-state index is 17.4. The number of alkyl halides is 2. The molecule has 3 saturated carbocycles. The Hall–Kier alpha value is -2.33. The molecule has 0 spiro atoms. The minimum absolute atomic E-state index is 0.0681. The Morgan fingerprint density at radius 2 is 2.05 bits per heavy atom. The topological polar surface area (TPSA) is 100.0 Å². The highest BCUT2D eigenvalue weighted by Crippen LogP contribution is 2.72. The van der Waals surface area contributed by atoms with Gasteiger partial charge in [-0.15, -0.1) is 0 Å². The maximum Gasteiger partial charge on any atom is 0.192 e. The van der Waals surface area contributed by atoms with Crippen molar-refractivity contribution in [2.24, 2.45) is 28.6 Å². The van der Waals surface area contributed by atoms with E-state index in [0.29, 0.717) is 19.5 Å². The van der Waals surface area contributed by atoms with Crippen molar-refractivity contribution < 1.29 is 33.4 Å². The molecule has 9 heteroatoms. The van der Waals surface area contributed by atoms with Crippen LogP contribution in [0.15, 0.2) is 48.2 Å². The van der Waals surface area contributed by atoms with Crippen LogP contribution in [0.3, 0.4) is 0 Å². The zero-order valence-electron chi connectivity index (χ0n) is 20.9. The van der Waals surface area contributed by atoms with Gasteiger partial charge in [-0.05, 0) is 62.0 Å². The molecule has 4 fully saturated rings. The summed E-state index contributed by atoms with van der Waals surface area (Å²) in [5, 5.41) is 23.2. The van der Waals surface area contributed by atoms with Crippen LogP contribution in [0.1, 0.15) is 38.8 Å². The molecule has 5 aliphatic rings. The third-order valence-electron chi connectivity index (χ3n) is 10.3. The number of halogens is 2. The van der Waals surface area contributed by atoms with E-state index in [-0.39, 0.29) is 24.3 Å². The third-order valence-corrected chi connectivity index (χ3v) is 10.3. The van der Waals surface area contributed by atoms with Crippen LogP contribution in [-0.2, 0) is 21.0 Å². The lowest BCUT2D eigenvalue weighted by atomic mass is 9.44. The average Bonchev–Trinajstić information content (AvgIpc) is 3.34. The smallest absolute Gasteiger partial charge is 0.192 e. The largest absolute Gasteiger partial charge is 0.390 e. The molecule has 1 aliphatic heterocycles. The van der Waals surface area contributed by atoms with Crippen molar-refractivity contribution in [3.05, 3.63) is 53.9 Å². The highest BCUT2D eigenvalue weighted by Gasteiger charge is 2.79. The number of rotatable bonds is 4. The van der Waals surface area contributed by atoms with Crippen molar-refractivity contribution in [3.8, 4) is 0 Å². The van der Waals surface area contributed by atoms with E-state index in [1.165, 1.54) is 18.2 Å². The Labute approximate surface area is 214 Å². The number of hydroxylamine groups is 2. The van der Waals surface area contributed by atoms with Crippen molar-refractivity contribution in [2.45, 2.75) is 63.2 Å². The van der Waals surface area contributed by atoms with Gasteiger partial charge in [-0.2, -0.15) is 5.06 Å². The van der Waals surface area contributed by atoms with E-state index in [2.05, 4.69) is 4.98 Å². The van der Waals surface area contributed by atoms with Crippen LogP contribution < -0.4 is 0 Å². The van der Waals surface area contributed by atoms with E-state index in [9.17, 15) is 19.8 Å². The number of nitrogens with zero attached hydrogens (tertiary/aromatic N) is 2. The predicted octanol–water partition coefficient (Wildman–Crippen LogP) is 2.67. The Morgan fingerprint density at radius 3 is 2.76 bits per heavy atom. The molecule has 7 nitrogen and oxygen atoms in total. The fourth-order valence-electron chi connectivity index (χ4n) is 8.71. The van der Waals surface area contributed by atoms with Gasteiger partial charge in [0.15, 0.2) is 22.8 Å². The molecule has 0 amide bonds. The predicted molar refractivity (Wildman–Crippen MR) is 128 cm³/mol. The summed E-state index contributed by atoms with van der Waals surface area (Å²) in [5.74, 6) is -2.64. The van der Waals surface area contributed by atoms with Crippen molar-refractivity contribution >= 4 is 11.6 Å². The van der Waals surface area contributed by atoms with E-state index < -0.39 is 64.4 Å². The number of Topliss-reactive ketones (excluding diaryl/α,β-unsaturated/α-hetero) is 1. The van der Waals surface area contributed by atoms with Crippen molar-refractivity contribution in [1.29, 1.82) is 0 Å². The summed E-state index contributed by atoms with van der Waals surface area (Å²) in [5.41, 5.74) is -5.40. The fraction of sp³-hybridized carbons (Fsp3) is 0.607. The molecule has 1 aromatic rings. The van der Waals surface area contributed by atoms with Gasteiger partial charge in [-0.3, -0.25) is 19.4 Å². The van der Waals surface area contributed by atoms with Crippen LogP contribution >= 0.6 is 0 Å². The summed E-state index contributed by atoms with van der Waals surface area (Å²) in [6, 6.07) is 5.51. The lowest BCUT2D eigenvalue weighted by Gasteiger charge is -2.63. The number of hydrogen-bond donors (Lipinski definition) is 2. The first-order valence-electron chi connectivity index (χ1n) is 13.0. The fourth-order valence-corrected chi connectivity index (χ4v) is 8.71. The number of aliphatic hydroxyl groups is 2. The third kappa shape index (κ3) is 3.02. The molecular weight excluding hydrogens is 482 g/mol. The first kappa shape index (κ1) is 25.0. The quantitative estimate of drug-likeness (QED) is 0.637. The molecule has 1 saturated heterocycles. The lowest BCUT2D eigenvalue weighted by Crippen LogP contribution is -2.70. The molecule has 2 heterocycles. The van der Waals surface area contributed by atoms with Gasteiger partial charge in [0.05, 0.1) is 18.3 Å². The summed E-state index contributed by atoms with van der Waals surface area (Å²) in [4.78, 5) is 36.3. The molecule has 4 aliphatic carbocycles. The van der Waals surface area contributed by atoms with Crippen LogP contribution in [0.5, 0.6) is 0 Å². The van der Waals surface area contributed by atoms with Crippen molar-refractivity contribution in [2.75, 3.05) is 13.2 Å². The van der Waals surface area contributed by atoms with E-state index in [4.69, 9.17) is 4.84 Å². The SMILES string of the molecule is C[C@]12C=CC(=O)C=C1[C@@H](F)C[C@H]1C3C[C@H]4CN(Cc5ccccn5)O[C@@]4(C(=O)CO)[C@@]3(C)C[C@H](O)[C@@]12F. The van der Waals surface area contributed by atoms with E-state index in [1.807, 2.05) is 19.1 Å². The second-order valence-electron chi connectivity index (χ2n) is 11.8. The number of carbonyl (C=O) groups excluding carboxylic acids is 2. The molecule has 1 aromatic heterocycles. The van der Waals surface area contributed by atoms with Gasteiger partial charge >= 0.3 is 0 Å². The summed E-state index contributed by atoms with van der Waals surface area (Å²) in [6.45, 7) is 3.32. The van der Waals surface area contributed by atoms with Gasteiger partial charge in [0, 0.05) is 35.4 Å². The Bertz CT molecular complexity index is 1210. The van der Waals surface area contributed by atoms with Gasteiger partial charge in [0.1, 0.15) is 12.8 Å². The monoisotopic (exact) mass is 514 g/mol. The number of ketones is 2. The zero-order valence-corrected chi connectivity index (χ0v) is 20.9. The summed E-state index contributed by atoms with van der Waals surface area (Å²) in [7, 11) is 0. The lowest BCUT2D eigenvalue weighted by molar-refractivity contribution is -0.269. The number of aromatic nitrogens is 1. The van der Waals surface area contributed by atoms with E-state index in [0.717, 1.165) is 5.69 Å². The van der Waals surface area contributed by atoms with Gasteiger partial charge in [0.2, 0.25) is 0 Å². The van der Waals surface area contributed by atoms with Crippen LogP contribution in [0.4, 0.5) is 8.78 Å². The summed E-state index contributed by atoms with van der Waals surface area (Å²) in [6.07, 6.45) is 2.53. The maximum absolute atomic E-state index is 17.4. The molecule has 0 bridgehead atoms. The Kier molecular flexibility index (Phi) is 5.46. The van der Waals surface area contributed by atoms with Gasteiger partial charge < -0.3 is 10.2 Å². The Morgan fingerprint density at radius 1 is 1.27 bits per heavy atom. The molecule has 6 rings (SSSR count). The first-order valence-corrected chi connectivity index (χ1v) is 13.0. The van der Waals surface area contributed by atoms with Crippen LogP contribution in [0.2, 0.25) is 0 Å². The molecule has 0 radical (unpaired) electrons. The number of aliphatic hydroxyl groups excluding tert-OH is 2. The number of fused-ring (bicyclic) bond motifs is 7. The molecular formula is C28H32F2N2O5. The number of carbonyl (C=O) groups is 2. The molecule has 37 heavy (non-hydrogen) atoms. The molecule has 9 atom stereocenters. The van der Waals surface area contributed by atoms with Gasteiger partial charge in [-0.25, -0.2) is 8.78 Å². The summed E-state index contributed by atoms with van der Waals surface area (Å²) >= 11 is 0. The second-order valence-corrected chi connectivity index (χ2v) is 11.8. The molecule has 198 valence electrons. The molecule has 0 aromatic carbocycles. The summed E-state index contributed by atoms with van der Waals surface area (Å²) < 4.78 is 33.0. The first-order chi connectivity index (χ1) is 17.5. The Balaban J connectivity index is 1.41. The minimum Gasteiger partial charge on any atom is -0.390 e. The van der Waals surface area contributed by atoms with Crippen LogP contribution in [0, 0.1) is 28.6 Å². The minimum atomic E-state index is -2.22. The van der Waals surface area contributed by atoms with Crippen molar-refractivity contribution in [3.63, 3.8) is 0 Å². The highest BCUT2D eigenvalue weighted by molar-refractivity contribution is 6.01. The average molecular weight is 515 g/mol. The molecule has 1 unspecified atom stereocenters. The number of pyridine rings is 1. The standard InChI is InChI=1S/C28H32F2N2O5/c1-25-7-6-18(34)10-21(25)22(29)11-20-19-9-16-13-32(14-17-5-3-4-8-31-17)37-28(16,24(36)15-33)26(19,2)12-23(35)27(20,25)30/h3-8,10,16,19-20,22-23,33,35H,9,11-15H2,1-2H3/t16-,19?,20-,22-,23-,25-,26-,27-,28-/m0/s1. The van der Waals surface area contributed by atoms with Gasteiger partial charge in [0.25, 0.3) is 0 Å². The highest BCUT2D eigenvalue weighted by atomic mass is 19.1. The second kappa shape index (κ2) is 8.09.